The van der Waals surface area contributed by atoms with Gasteiger partial charge in [-0.25, -0.2) is 0 Å². The fourth-order valence-corrected chi connectivity index (χ4v) is 2.46. The van der Waals surface area contributed by atoms with Crippen LogP contribution in [-0.4, -0.2) is 44.3 Å². The molecule has 0 heterocycles. The van der Waals surface area contributed by atoms with Gasteiger partial charge in [0.15, 0.2) is 0 Å². The highest BCUT2D eigenvalue weighted by Gasteiger charge is 2.36. The van der Waals surface area contributed by atoms with Crippen LogP contribution in [0.25, 0.3) is 0 Å². The summed E-state index contributed by atoms with van der Waals surface area (Å²) in [7, 11) is 1.81. The van der Waals surface area contributed by atoms with Gasteiger partial charge < -0.3 is 10.5 Å². The highest BCUT2D eigenvalue weighted by atomic mass is 16.5. The van der Waals surface area contributed by atoms with Crippen molar-refractivity contribution in [3.05, 3.63) is 0 Å². The first-order valence-corrected chi connectivity index (χ1v) is 6.97. The lowest BCUT2D eigenvalue weighted by Gasteiger charge is -2.37. The molecule has 102 valence electrons. The summed E-state index contributed by atoms with van der Waals surface area (Å²) in [5, 5.41) is 0. The number of ether oxygens (including phenoxy) is 1. The van der Waals surface area contributed by atoms with E-state index >= 15 is 0 Å². The molecule has 0 amide bonds. The smallest absolute Gasteiger partial charge is 0.0620 e. The molecular formula is C14H30N2O. The largest absolute Gasteiger partial charge is 0.383 e. The zero-order valence-corrected chi connectivity index (χ0v) is 12.0. The van der Waals surface area contributed by atoms with Crippen molar-refractivity contribution in [3.63, 3.8) is 0 Å². The molecule has 1 saturated carbocycles. The van der Waals surface area contributed by atoms with Crippen LogP contribution in [0.15, 0.2) is 0 Å². The Bertz CT molecular complexity index is 214. The third kappa shape index (κ3) is 4.94. The Kier molecular flexibility index (Phi) is 5.90. The maximum absolute atomic E-state index is 5.86. The summed E-state index contributed by atoms with van der Waals surface area (Å²) in [6.45, 7) is 10.6. The van der Waals surface area contributed by atoms with E-state index < -0.39 is 0 Å². The molecule has 0 aromatic rings. The van der Waals surface area contributed by atoms with Crippen molar-refractivity contribution < 1.29 is 4.74 Å². The summed E-state index contributed by atoms with van der Waals surface area (Å²) in [5.74, 6) is 0.857. The predicted octanol–water partition coefficient (Wildman–Crippen LogP) is 2.11. The van der Waals surface area contributed by atoms with Gasteiger partial charge in [-0.15, -0.1) is 0 Å². The number of nitrogens with two attached hydrogens (primary N) is 1. The molecule has 0 spiro atoms. The number of nitrogens with zero attached hydrogens (tertiary/aromatic N) is 1. The summed E-state index contributed by atoms with van der Waals surface area (Å²) >= 11 is 0. The lowest BCUT2D eigenvalue weighted by Crippen LogP contribution is -2.47. The lowest BCUT2D eigenvalue weighted by atomic mass is 9.92. The van der Waals surface area contributed by atoms with Crippen molar-refractivity contribution >= 4 is 0 Å². The molecule has 3 heteroatoms. The molecule has 0 aromatic heterocycles. The summed E-state index contributed by atoms with van der Waals surface area (Å²) in [6, 6.07) is 0.603. The maximum Gasteiger partial charge on any atom is 0.0620 e. The summed E-state index contributed by atoms with van der Waals surface area (Å²) < 4.78 is 5.41. The predicted molar refractivity (Wildman–Crippen MR) is 73.1 cm³/mol. The second-order valence-electron chi connectivity index (χ2n) is 6.20. The minimum atomic E-state index is 0.204. The number of hydrogen-bond donors (Lipinski definition) is 1. The Labute approximate surface area is 107 Å². The van der Waals surface area contributed by atoms with Crippen molar-refractivity contribution in [2.45, 2.75) is 46.1 Å². The van der Waals surface area contributed by atoms with Crippen LogP contribution >= 0.6 is 0 Å². The molecule has 1 rings (SSSR count). The number of hydrogen-bond acceptors (Lipinski definition) is 3. The van der Waals surface area contributed by atoms with Gasteiger partial charge >= 0.3 is 0 Å². The van der Waals surface area contributed by atoms with Crippen LogP contribution in [0.3, 0.4) is 0 Å². The Morgan fingerprint density at radius 3 is 2.47 bits per heavy atom. The van der Waals surface area contributed by atoms with Crippen LogP contribution in [0.5, 0.6) is 0 Å². The molecule has 1 aliphatic carbocycles. The van der Waals surface area contributed by atoms with Gasteiger partial charge in [0.2, 0.25) is 0 Å². The van der Waals surface area contributed by atoms with Crippen molar-refractivity contribution in [2.24, 2.45) is 17.1 Å². The minimum Gasteiger partial charge on any atom is -0.383 e. The van der Waals surface area contributed by atoms with E-state index in [1.54, 1.807) is 0 Å². The number of rotatable bonds is 9. The fourth-order valence-electron chi connectivity index (χ4n) is 2.46. The molecule has 3 nitrogen and oxygen atoms in total. The molecule has 0 bridgehead atoms. The highest BCUT2D eigenvalue weighted by molar-refractivity contribution is 4.90. The van der Waals surface area contributed by atoms with Crippen LogP contribution < -0.4 is 5.73 Å². The molecular weight excluding hydrogens is 212 g/mol. The van der Waals surface area contributed by atoms with Gasteiger partial charge in [0.1, 0.15) is 0 Å². The van der Waals surface area contributed by atoms with Gasteiger partial charge in [-0.1, -0.05) is 20.8 Å². The summed E-state index contributed by atoms with van der Waals surface area (Å²) in [5.41, 5.74) is 6.06. The topological polar surface area (TPSA) is 38.5 Å². The first-order valence-electron chi connectivity index (χ1n) is 6.97. The fraction of sp³-hybridized carbons (Fsp3) is 1.00. The van der Waals surface area contributed by atoms with E-state index in [1.165, 1.54) is 19.3 Å². The summed E-state index contributed by atoms with van der Waals surface area (Å²) in [6.07, 6.45) is 3.95. The molecule has 1 fully saturated rings. The van der Waals surface area contributed by atoms with E-state index in [9.17, 15) is 0 Å². The Balaban J connectivity index is 2.60. The minimum absolute atomic E-state index is 0.204. The highest BCUT2D eigenvalue weighted by Crippen LogP contribution is 2.36. The normalized spacial score (nSPS) is 18.7. The number of methoxy groups -OCH3 is 1. The van der Waals surface area contributed by atoms with Crippen LogP contribution in [0.1, 0.15) is 40.0 Å². The van der Waals surface area contributed by atoms with Crippen molar-refractivity contribution in [2.75, 3.05) is 33.4 Å². The lowest BCUT2D eigenvalue weighted by molar-refractivity contribution is 0.0540. The van der Waals surface area contributed by atoms with E-state index in [2.05, 4.69) is 25.7 Å². The van der Waals surface area contributed by atoms with Gasteiger partial charge in [-0.05, 0) is 43.7 Å². The van der Waals surface area contributed by atoms with Gasteiger partial charge in [0, 0.05) is 19.7 Å². The average Bonchev–Trinajstić information content (AvgIpc) is 3.09. The summed E-state index contributed by atoms with van der Waals surface area (Å²) in [4.78, 5) is 2.61. The molecule has 17 heavy (non-hydrogen) atoms. The molecule has 0 radical (unpaired) electrons. The molecule has 1 aliphatic rings. The van der Waals surface area contributed by atoms with Gasteiger partial charge in [0.25, 0.3) is 0 Å². The SMILES string of the molecule is CCCN(CC(C)(C)CN)C(COC)C1CC1. The molecule has 0 aromatic carbocycles. The second kappa shape index (κ2) is 6.72. The van der Waals surface area contributed by atoms with E-state index in [0.29, 0.717) is 6.04 Å². The van der Waals surface area contributed by atoms with Crippen LogP contribution in [0.2, 0.25) is 0 Å². The van der Waals surface area contributed by atoms with Gasteiger partial charge in [0.05, 0.1) is 6.61 Å². The van der Waals surface area contributed by atoms with Crippen molar-refractivity contribution in [1.29, 1.82) is 0 Å². The van der Waals surface area contributed by atoms with E-state index in [1.807, 2.05) is 7.11 Å². The average molecular weight is 242 g/mol. The van der Waals surface area contributed by atoms with E-state index in [0.717, 1.165) is 32.2 Å². The molecule has 1 unspecified atom stereocenters. The maximum atomic E-state index is 5.86. The van der Waals surface area contributed by atoms with Crippen molar-refractivity contribution in [1.82, 2.24) is 4.90 Å². The third-order valence-corrected chi connectivity index (χ3v) is 3.67. The molecule has 0 saturated heterocycles. The van der Waals surface area contributed by atoms with Gasteiger partial charge in [-0.2, -0.15) is 0 Å². The zero-order chi connectivity index (χ0) is 12.9. The van der Waals surface area contributed by atoms with E-state index in [4.69, 9.17) is 10.5 Å². The third-order valence-electron chi connectivity index (χ3n) is 3.67. The molecule has 0 aliphatic heterocycles. The van der Waals surface area contributed by atoms with Crippen molar-refractivity contribution in [3.8, 4) is 0 Å². The molecule has 2 N–H and O–H groups in total. The zero-order valence-electron chi connectivity index (χ0n) is 12.0. The second-order valence-corrected chi connectivity index (χ2v) is 6.20. The quantitative estimate of drug-likeness (QED) is 0.673. The van der Waals surface area contributed by atoms with Crippen LogP contribution in [-0.2, 0) is 4.74 Å². The first-order chi connectivity index (χ1) is 8.04. The molecule has 1 atom stereocenters. The Morgan fingerprint density at radius 2 is 2.06 bits per heavy atom. The van der Waals surface area contributed by atoms with Crippen LogP contribution in [0.4, 0.5) is 0 Å². The standard InChI is InChI=1S/C14H30N2O/c1-5-8-16(11-14(2,3)10-15)13(9-17-4)12-6-7-12/h12-13H,5-11,15H2,1-4H3. The van der Waals surface area contributed by atoms with Gasteiger partial charge in [-0.3, -0.25) is 4.90 Å². The first kappa shape index (κ1) is 14.9. The Hall–Kier alpha value is -0.120. The van der Waals surface area contributed by atoms with E-state index in [-0.39, 0.29) is 5.41 Å². The Morgan fingerprint density at radius 1 is 1.41 bits per heavy atom. The van der Waals surface area contributed by atoms with Crippen LogP contribution in [0, 0.1) is 11.3 Å². The monoisotopic (exact) mass is 242 g/mol.